The summed E-state index contributed by atoms with van der Waals surface area (Å²) in [4.78, 5) is 21.4. The Morgan fingerprint density at radius 3 is 2.17 bits per heavy atom. The molecule has 1 aliphatic rings. The molecule has 0 spiro atoms. The van der Waals surface area contributed by atoms with Crippen LogP contribution in [0.2, 0.25) is 0 Å². The van der Waals surface area contributed by atoms with E-state index in [0.29, 0.717) is 13.1 Å². The van der Waals surface area contributed by atoms with Crippen LogP contribution in [-0.2, 0) is 4.79 Å². The zero-order valence-corrected chi connectivity index (χ0v) is 6.82. The van der Waals surface area contributed by atoms with Gasteiger partial charge in [0, 0.05) is 12.8 Å². The SMILES string of the molecule is NC(=O)C[N+]1(C(=O)O)CCCC1. The normalized spacial score (nSPS) is 20.7. The molecule has 0 aromatic heterocycles. The minimum Gasteiger partial charge on any atom is -0.435 e. The molecule has 0 aliphatic carbocycles. The molecule has 0 bridgehead atoms. The van der Waals surface area contributed by atoms with Crippen LogP contribution in [0.25, 0.3) is 0 Å². The number of hydrogen-bond donors (Lipinski definition) is 2. The molecular formula is C7H13N2O3+. The number of likely N-dealkylation sites (tertiary alicyclic amines) is 1. The Labute approximate surface area is 70.4 Å². The summed E-state index contributed by atoms with van der Waals surface area (Å²) in [6.07, 6.45) is 0.783. The molecule has 1 rings (SSSR count). The molecule has 12 heavy (non-hydrogen) atoms. The van der Waals surface area contributed by atoms with Crippen LogP contribution in [0, 0.1) is 0 Å². The van der Waals surface area contributed by atoms with E-state index in [1.807, 2.05) is 0 Å². The number of hydrogen-bond acceptors (Lipinski definition) is 2. The minimum absolute atomic E-state index is 0.0741. The van der Waals surface area contributed by atoms with Crippen LogP contribution in [0.1, 0.15) is 12.8 Å². The van der Waals surface area contributed by atoms with Gasteiger partial charge in [0.15, 0.2) is 6.54 Å². The van der Waals surface area contributed by atoms with Gasteiger partial charge in [-0.1, -0.05) is 0 Å². The molecule has 0 aromatic carbocycles. The molecule has 5 heteroatoms. The highest BCUT2D eigenvalue weighted by atomic mass is 16.4. The first kappa shape index (κ1) is 8.99. The molecule has 0 saturated carbocycles. The summed E-state index contributed by atoms with van der Waals surface area (Å²) in [5.41, 5.74) is 4.98. The van der Waals surface area contributed by atoms with Crippen LogP contribution in [0.5, 0.6) is 0 Å². The highest BCUT2D eigenvalue weighted by molar-refractivity contribution is 5.76. The van der Waals surface area contributed by atoms with E-state index < -0.39 is 12.0 Å². The highest BCUT2D eigenvalue weighted by Gasteiger charge is 2.41. The Morgan fingerprint density at radius 1 is 1.33 bits per heavy atom. The first-order chi connectivity index (χ1) is 5.57. The van der Waals surface area contributed by atoms with Crippen molar-refractivity contribution in [2.75, 3.05) is 19.6 Å². The van der Waals surface area contributed by atoms with Crippen LogP contribution in [0.4, 0.5) is 4.79 Å². The van der Waals surface area contributed by atoms with Gasteiger partial charge in [-0.05, 0) is 0 Å². The van der Waals surface area contributed by atoms with E-state index >= 15 is 0 Å². The maximum absolute atomic E-state index is 10.8. The van der Waals surface area contributed by atoms with Crippen LogP contribution >= 0.6 is 0 Å². The predicted octanol–water partition coefficient (Wildman–Crippen LogP) is -0.240. The maximum Gasteiger partial charge on any atom is 0.513 e. The maximum atomic E-state index is 10.8. The lowest BCUT2D eigenvalue weighted by Gasteiger charge is -2.25. The number of primary amides is 1. The van der Waals surface area contributed by atoms with Gasteiger partial charge >= 0.3 is 6.09 Å². The average molecular weight is 173 g/mol. The Hall–Kier alpha value is -1.10. The number of quaternary nitrogens is 1. The van der Waals surface area contributed by atoms with Crippen molar-refractivity contribution in [2.24, 2.45) is 5.73 Å². The minimum atomic E-state index is -0.939. The summed E-state index contributed by atoms with van der Waals surface area (Å²) in [5.74, 6) is -0.542. The van der Waals surface area contributed by atoms with Gasteiger partial charge in [0.1, 0.15) is 0 Å². The third kappa shape index (κ3) is 1.55. The summed E-state index contributed by atoms with van der Waals surface area (Å²) in [5, 5.41) is 8.88. The first-order valence-corrected chi connectivity index (χ1v) is 3.95. The lowest BCUT2D eigenvalue weighted by Crippen LogP contribution is -2.54. The summed E-state index contributed by atoms with van der Waals surface area (Å²) in [6, 6.07) is 0. The van der Waals surface area contributed by atoms with E-state index in [0.717, 1.165) is 12.8 Å². The molecule has 68 valence electrons. The van der Waals surface area contributed by atoms with E-state index in [-0.39, 0.29) is 11.0 Å². The fourth-order valence-corrected chi connectivity index (χ4v) is 1.66. The number of rotatable bonds is 2. The second-order valence-corrected chi connectivity index (χ2v) is 3.21. The van der Waals surface area contributed by atoms with Crippen molar-refractivity contribution in [3.8, 4) is 0 Å². The number of nitrogens with zero attached hydrogens (tertiary/aromatic N) is 1. The van der Waals surface area contributed by atoms with Crippen molar-refractivity contribution in [1.29, 1.82) is 0 Å². The second-order valence-electron chi connectivity index (χ2n) is 3.21. The van der Waals surface area contributed by atoms with Crippen LogP contribution in [0.15, 0.2) is 0 Å². The smallest absolute Gasteiger partial charge is 0.435 e. The van der Waals surface area contributed by atoms with Crippen molar-refractivity contribution in [1.82, 2.24) is 0 Å². The van der Waals surface area contributed by atoms with Gasteiger partial charge in [0.25, 0.3) is 5.91 Å². The Kier molecular flexibility index (Phi) is 2.32. The van der Waals surface area contributed by atoms with Gasteiger partial charge in [-0.2, -0.15) is 4.79 Å². The van der Waals surface area contributed by atoms with E-state index in [1.165, 1.54) is 0 Å². The third-order valence-electron chi connectivity index (χ3n) is 2.29. The van der Waals surface area contributed by atoms with E-state index in [1.54, 1.807) is 0 Å². The molecular weight excluding hydrogens is 160 g/mol. The Bertz CT molecular complexity index is 209. The zero-order valence-electron chi connectivity index (χ0n) is 6.82. The number of carbonyl (C=O) groups is 2. The van der Waals surface area contributed by atoms with Crippen molar-refractivity contribution < 1.29 is 19.2 Å². The second kappa shape index (κ2) is 3.10. The number of amides is 2. The lowest BCUT2D eigenvalue weighted by atomic mass is 10.4. The number of carboxylic acid groups (broad SMARTS) is 1. The van der Waals surface area contributed by atoms with Crippen molar-refractivity contribution in [3.63, 3.8) is 0 Å². The van der Waals surface area contributed by atoms with E-state index in [9.17, 15) is 9.59 Å². The van der Waals surface area contributed by atoms with Crippen LogP contribution in [0.3, 0.4) is 0 Å². The monoisotopic (exact) mass is 173 g/mol. The standard InChI is InChI=1S/C7H12N2O3/c8-6(10)5-9(7(11)12)3-1-2-4-9/h1-5H2,(H2-,8,10,11,12)/p+1. The van der Waals surface area contributed by atoms with Gasteiger partial charge in [0.05, 0.1) is 13.1 Å². The molecule has 0 atom stereocenters. The van der Waals surface area contributed by atoms with Crippen molar-refractivity contribution >= 4 is 12.0 Å². The average Bonchev–Trinajstić information content (AvgIpc) is 2.35. The zero-order chi connectivity index (χ0) is 9.19. The molecule has 1 fully saturated rings. The van der Waals surface area contributed by atoms with Gasteiger partial charge in [-0.3, -0.25) is 4.79 Å². The fourth-order valence-electron chi connectivity index (χ4n) is 1.66. The summed E-state index contributed by atoms with van der Waals surface area (Å²) < 4.78 is -0.171. The molecule has 5 nitrogen and oxygen atoms in total. The molecule has 0 unspecified atom stereocenters. The van der Waals surface area contributed by atoms with E-state index in [4.69, 9.17) is 10.8 Å². The van der Waals surface area contributed by atoms with Crippen LogP contribution < -0.4 is 5.73 Å². The number of carbonyl (C=O) groups excluding carboxylic acids is 1. The topological polar surface area (TPSA) is 80.4 Å². The third-order valence-corrected chi connectivity index (χ3v) is 2.29. The van der Waals surface area contributed by atoms with Gasteiger partial charge in [0.2, 0.25) is 0 Å². The Balaban J connectivity index is 2.72. The molecule has 1 saturated heterocycles. The quantitative estimate of drug-likeness (QED) is 0.565. The largest absolute Gasteiger partial charge is 0.513 e. The molecule has 0 aromatic rings. The fraction of sp³-hybridized carbons (Fsp3) is 0.714. The van der Waals surface area contributed by atoms with Gasteiger partial charge < -0.3 is 10.8 Å². The van der Waals surface area contributed by atoms with Gasteiger partial charge in [-0.15, -0.1) is 0 Å². The predicted molar refractivity (Wildman–Crippen MR) is 41.3 cm³/mol. The lowest BCUT2D eigenvalue weighted by molar-refractivity contribution is -0.836. The van der Waals surface area contributed by atoms with Gasteiger partial charge in [-0.25, -0.2) is 4.48 Å². The van der Waals surface area contributed by atoms with Crippen LogP contribution in [-0.4, -0.2) is 41.2 Å². The molecule has 0 radical (unpaired) electrons. The number of nitrogens with two attached hydrogens (primary N) is 1. The molecule has 3 N–H and O–H groups in total. The van der Waals surface area contributed by atoms with Crippen molar-refractivity contribution in [3.05, 3.63) is 0 Å². The Morgan fingerprint density at radius 2 is 1.83 bits per heavy atom. The molecule has 2 amide bonds. The first-order valence-electron chi connectivity index (χ1n) is 3.95. The molecule has 1 aliphatic heterocycles. The summed E-state index contributed by atoms with van der Waals surface area (Å²) >= 11 is 0. The summed E-state index contributed by atoms with van der Waals surface area (Å²) in [7, 11) is 0. The van der Waals surface area contributed by atoms with E-state index in [2.05, 4.69) is 0 Å². The van der Waals surface area contributed by atoms with Crippen molar-refractivity contribution in [2.45, 2.75) is 12.8 Å². The highest BCUT2D eigenvalue weighted by Crippen LogP contribution is 2.18. The summed E-state index contributed by atoms with van der Waals surface area (Å²) in [6.45, 7) is 0.978. The molecule has 1 heterocycles.